The number of anilines is 2. The largest absolute Gasteiger partial charge is 0.416 e. The third-order valence-electron chi connectivity index (χ3n) is 5.35. The molecule has 0 aliphatic rings. The van der Waals surface area contributed by atoms with Gasteiger partial charge in [0, 0.05) is 12.1 Å². The van der Waals surface area contributed by atoms with E-state index in [1.54, 1.807) is 0 Å². The van der Waals surface area contributed by atoms with E-state index in [1.807, 2.05) is 54.6 Å². The quantitative estimate of drug-likeness (QED) is 0.322. The van der Waals surface area contributed by atoms with E-state index < -0.39 is 17.8 Å². The molecule has 4 rings (SSSR count). The normalized spacial score (nSPS) is 12.2. The average Bonchev–Trinajstić information content (AvgIpc) is 3.31. The maximum Gasteiger partial charge on any atom is 0.416 e. The van der Waals surface area contributed by atoms with Crippen LogP contribution in [0.15, 0.2) is 89.6 Å². The summed E-state index contributed by atoms with van der Waals surface area (Å²) in [6, 6.07) is 21.5. The minimum Gasteiger partial charge on any atom is -0.325 e. The van der Waals surface area contributed by atoms with E-state index in [4.69, 9.17) is 10.3 Å². The predicted octanol–water partition coefficient (Wildman–Crippen LogP) is 5.03. The summed E-state index contributed by atoms with van der Waals surface area (Å²) in [4.78, 5) is 12.2. The van der Waals surface area contributed by atoms with Crippen molar-refractivity contribution in [2.45, 2.75) is 18.6 Å². The number of urea groups is 1. The van der Waals surface area contributed by atoms with Crippen LogP contribution in [-0.4, -0.2) is 17.8 Å². The van der Waals surface area contributed by atoms with Gasteiger partial charge in [0.05, 0.1) is 12.1 Å². The third kappa shape index (κ3) is 6.24. The maximum atomic E-state index is 12.9. The van der Waals surface area contributed by atoms with E-state index in [-0.39, 0.29) is 24.2 Å². The fourth-order valence-electron chi connectivity index (χ4n) is 3.55. The van der Waals surface area contributed by atoms with Crippen LogP contribution in [0.4, 0.5) is 29.5 Å². The SMILES string of the molecule is NC[C@@H](Cc1ccc(-c2ccccc2)cc1)[n+]1cc(NC(=O)Nc2cccc(C(F)(F)F)c2)on1. The Hall–Kier alpha value is -4.18. The smallest absolute Gasteiger partial charge is 0.325 e. The Balaban J connectivity index is 1.37. The highest BCUT2D eigenvalue weighted by Gasteiger charge is 2.30. The van der Waals surface area contributed by atoms with Crippen LogP contribution >= 0.6 is 0 Å². The van der Waals surface area contributed by atoms with Gasteiger partial charge in [-0.2, -0.15) is 13.2 Å². The minimum absolute atomic E-state index is 0.0106. The van der Waals surface area contributed by atoms with Gasteiger partial charge in [-0.05, 0) is 39.6 Å². The van der Waals surface area contributed by atoms with E-state index in [0.29, 0.717) is 6.42 Å². The molecule has 0 saturated heterocycles. The Bertz CT molecular complexity index is 1270. The van der Waals surface area contributed by atoms with Crippen molar-refractivity contribution in [3.63, 3.8) is 0 Å². The molecule has 2 amide bonds. The van der Waals surface area contributed by atoms with Crippen LogP contribution in [-0.2, 0) is 12.6 Å². The molecule has 10 heteroatoms. The molecule has 4 aromatic rings. The third-order valence-corrected chi connectivity index (χ3v) is 5.35. The van der Waals surface area contributed by atoms with Gasteiger partial charge in [0.1, 0.15) is 0 Å². The number of amides is 2. The molecule has 0 saturated carbocycles. The molecule has 0 bridgehead atoms. The second-order valence-electron chi connectivity index (χ2n) is 7.86. The second-order valence-corrected chi connectivity index (χ2v) is 7.86. The number of nitrogens with two attached hydrogens (primary N) is 1. The number of nitrogens with one attached hydrogen (secondary N) is 2. The van der Waals surface area contributed by atoms with Crippen molar-refractivity contribution >= 4 is 17.6 Å². The van der Waals surface area contributed by atoms with Crippen LogP contribution in [0.5, 0.6) is 0 Å². The van der Waals surface area contributed by atoms with Crippen molar-refractivity contribution in [2.24, 2.45) is 5.73 Å². The van der Waals surface area contributed by atoms with Gasteiger partial charge in [0.2, 0.25) is 11.3 Å². The lowest BCUT2D eigenvalue weighted by molar-refractivity contribution is -0.782. The Morgan fingerprint density at radius 1 is 0.971 bits per heavy atom. The van der Waals surface area contributed by atoms with Gasteiger partial charge in [-0.1, -0.05) is 60.7 Å². The van der Waals surface area contributed by atoms with Gasteiger partial charge in [0.15, 0.2) is 0 Å². The lowest BCUT2D eigenvalue weighted by atomic mass is 10.0. The molecule has 35 heavy (non-hydrogen) atoms. The van der Waals surface area contributed by atoms with E-state index in [0.717, 1.165) is 28.8 Å². The van der Waals surface area contributed by atoms with Crippen LogP contribution in [0, 0.1) is 0 Å². The highest BCUT2D eigenvalue weighted by molar-refractivity contribution is 5.98. The van der Waals surface area contributed by atoms with Crippen molar-refractivity contribution in [3.8, 4) is 11.1 Å². The summed E-state index contributed by atoms with van der Waals surface area (Å²) < 4.78 is 45.2. The van der Waals surface area contributed by atoms with Crippen LogP contribution in [0.3, 0.4) is 0 Å². The first-order valence-corrected chi connectivity index (χ1v) is 10.8. The average molecular weight is 482 g/mol. The summed E-state index contributed by atoms with van der Waals surface area (Å²) >= 11 is 0. The summed E-state index contributed by atoms with van der Waals surface area (Å²) in [5.74, 6) is 0.0207. The fraction of sp³-hybridized carbons (Fsp3) is 0.160. The lowest BCUT2D eigenvalue weighted by Gasteiger charge is -2.09. The molecular formula is C25H23F3N5O2+. The molecule has 7 nitrogen and oxygen atoms in total. The molecule has 0 unspecified atom stereocenters. The fourth-order valence-corrected chi connectivity index (χ4v) is 3.55. The first kappa shape index (κ1) is 24.0. The Morgan fingerprint density at radius 3 is 2.37 bits per heavy atom. The molecule has 4 N–H and O–H groups in total. The summed E-state index contributed by atoms with van der Waals surface area (Å²) in [5.41, 5.74) is 8.34. The van der Waals surface area contributed by atoms with Gasteiger partial charge in [-0.25, -0.2) is 4.79 Å². The lowest BCUT2D eigenvalue weighted by Crippen LogP contribution is -2.45. The number of halogens is 3. The number of carbonyl (C=O) groups excluding carboxylic acids is 1. The molecule has 1 atom stereocenters. The summed E-state index contributed by atoms with van der Waals surface area (Å²) in [7, 11) is 0. The van der Waals surface area contributed by atoms with Gasteiger partial charge < -0.3 is 11.1 Å². The van der Waals surface area contributed by atoms with Crippen molar-refractivity contribution in [3.05, 3.63) is 96.2 Å². The molecule has 0 radical (unpaired) electrons. The first-order valence-electron chi connectivity index (χ1n) is 10.8. The standard InChI is InChI=1S/C25H22F3N5O2/c26-25(27,28)20-7-4-8-21(14-20)30-24(34)31-23-16-33(32-35-23)22(15-29)13-17-9-11-19(12-10-17)18-5-2-1-3-6-18/h1-12,14,16,22H,13,15,29H2,(H-,30,31,32,34)/p+1/t22-/m1/s1. The molecule has 0 aliphatic heterocycles. The van der Waals surface area contributed by atoms with Gasteiger partial charge in [0.25, 0.3) is 6.20 Å². The summed E-state index contributed by atoms with van der Waals surface area (Å²) in [6.07, 6.45) is -2.45. The Morgan fingerprint density at radius 2 is 1.69 bits per heavy atom. The molecule has 0 fully saturated rings. The van der Waals surface area contributed by atoms with Crippen molar-refractivity contribution < 1.29 is 27.2 Å². The van der Waals surface area contributed by atoms with Gasteiger partial charge in [-0.15, -0.1) is 0 Å². The van der Waals surface area contributed by atoms with E-state index in [9.17, 15) is 18.0 Å². The number of nitrogens with zero attached hydrogens (tertiary/aromatic N) is 2. The van der Waals surface area contributed by atoms with Crippen molar-refractivity contribution in [1.29, 1.82) is 0 Å². The van der Waals surface area contributed by atoms with Crippen molar-refractivity contribution in [2.75, 3.05) is 17.2 Å². The number of rotatable bonds is 7. The predicted molar refractivity (Wildman–Crippen MR) is 124 cm³/mol. The topological polar surface area (TPSA) is 97.1 Å². The Kier molecular flexibility index (Phi) is 7.11. The van der Waals surface area contributed by atoms with E-state index in [2.05, 4.69) is 15.9 Å². The molecule has 1 aromatic heterocycles. The molecule has 180 valence electrons. The summed E-state index contributed by atoms with van der Waals surface area (Å²) in [6.45, 7) is 0.271. The number of hydrogen-bond donors (Lipinski definition) is 3. The van der Waals surface area contributed by atoms with Gasteiger partial charge >= 0.3 is 18.1 Å². The van der Waals surface area contributed by atoms with Crippen LogP contribution in [0.25, 0.3) is 11.1 Å². The number of alkyl halides is 3. The molecule has 3 aromatic carbocycles. The number of benzene rings is 3. The maximum absolute atomic E-state index is 12.9. The zero-order chi connectivity index (χ0) is 24.8. The zero-order valence-electron chi connectivity index (χ0n) is 18.5. The summed E-state index contributed by atoms with van der Waals surface area (Å²) in [5, 5.41) is 8.68. The second kappa shape index (κ2) is 10.4. The first-order chi connectivity index (χ1) is 16.8. The molecule has 1 heterocycles. The van der Waals surface area contributed by atoms with Crippen molar-refractivity contribution in [1.82, 2.24) is 5.27 Å². The highest BCUT2D eigenvalue weighted by Crippen LogP contribution is 2.30. The Labute approximate surface area is 199 Å². The highest BCUT2D eigenvalue weighted by atomic mass is 19.4. The molecule has 0 aliphatic carbocycles. The van der Waals surface area contributed by atoms with Gasteiger partial charge in [-0.3, -0.25) is 9.84 Å². The van der Waals surface area contributed by atoms with E-state index in [1.165, 1.54) is 23.0 Å². The number of aromatic nitrogens is 2. The van der Waals surface area contributed by atoms with Crippen LogP contribution in [0.1, 0.15) is 17.2 Å². The van der Waals surface area contributed by atoms with Crippen LogP contribution in [0.2, 0.25) is 0 Å². The zero-order valence-corrected chi connectivity index (χ0v) is 18.5. The molecule has 0 spiro atoms. The number of hydrogen-bond acceptors (Lipinski definition) is 4. The molecular weight excluding hydrogens is 459 g/mol. The van der Waals surface area contributed by atoms with Crippen LogP contribution < -0.4 is 21.0 Å². The minimum atomic E-state index is -4.51. The number of carbonyl (C=O) groups is 1. The monoisotopic (exact) mass is 482 g/mol. The van der Waals surface area contributed by atoms with E-state index >= 15 is 0 Å².